The number of carbonyl (C=O) groups excluding carboxylic acids is 2. The molecule has 0 saturated heterocycles. The van der Waals surface area contributed by atoms with Gasteiger partial charge in [-0.1, -0.05) is 0 Å². The van der Waals surface area contributed by atoms with E-state index in [1.165, 1.54) is 0 Å². The van der Waals surface area contributed by atoms with Gasteiger partial charge in [0.2, 0.25) is 0 Å². The van der Waals surface area contributed by atoms with Crippen molar-refractivity contribution in [3.63, 3.8) is 0 Å². The fourth-order valence-corrected chi connectivity index (χ4v) is 4.72. The zero-order chi connectivity index (χ0) is 21.4. The Kier molecular flexibility index (Phi) is 3.43. The Balaban J connectivity index is 1.43. The average molecular weight is 424 g/mol. The predicted molar refractivity (Wildman–Crippen MR) is 117 cm³/mol. The molecule has 4 aromatic carbocycles. The maximum atomic E-state index is 13.5. The van der Waals surface area contributed by atoms with E-state index in [4.69, 9.17) is 18.9 Å². The highest BCUT2D eigenvalue weighted by atomic mass is 16.6. The van der Waals surface area contributed by atoms with E-state index in [2.05, 4.69) is 0 Å². The maximum Gasteiger partial charge on any atom is 0.194 e. The Hall–Kier alpha value is -4.06. The summed E-state index contributed by atoms with van der Waals surface area (Å²) in [6.07, 6.45) is 0. The zero-order valence-corrected chi connectivity index (χ0v) is 16.9. The summed E-state index contributed by atoms with van der Waals surface area (Å²) in [5, 5.41) is 3.33. The molecule has 1 aliphatic carbocycles. The summed E-state index contributed by atoms with van der Waals surface area (Å²) in [6.45, 7) is 1.94. The standard InChI is InChI=1S/C26H16O6/c27-25-17-5-13-9-21-22(30-2-1-29-21)10-14(13)6-18(17)26(28)20-8-16-12-24-23(31-3-4-32-24)11-15(16)7-19(20)25/h5-12H,1-4H2. The number of benzene rings is 4. The molecular weight excluding hydrogens is 408 g/mol. The van der Waals surface area contributed by atoms with Gasteiger partial charge in [0.05, 0.1) is 0 Å². The molecule has 0 radical (unpaired) electrons. The van der Waals surface area contributed by atoms with Gasteiger partial charge in [-0.3, -0.25) is 9.59 Å². The van der Waals surface area contributed by atoms with Crippen molar-refractivity contribution in [3.8, 4) is 23.0 Å². The molecule has 0 spiro atoms. The van der Waals surface area contributed by atoms with Gasteiger partial charge >= 0.3 is 0 Å². The summed E-state index contributed by atoms with van der Waals surface area (Å²) in [4.78, 5) is 26.9. The zero-order valence-electron chi connectivity index (χ0n) is 16.9. The fraction of sp³-hybridized carbons (Fsp3) is 0.154. The van der Waals surface area contributed by atoms with Crippen molar-refractivity contribution >= 4 is 33.1 Å². The van der Waals surface area contributed by atoms with Crippen LogP contribution in [0.3, 0.4) is 0 Å². The van der Waals surface area contributed by atoms with E-state index < -0.39 is 0 Å². The van der Waals surface area contributed by atoms with Crippen LogP contribution in [0, 0.1) is 0 Å². The largest absolute Gasteiger partial charge is 0.486 e. The molecule has 32 heavy (non-hydrogen) atoms. The van der Waals surface area contributed by atoms with Crippen LogP contribution in [-0.2, 0) is 0 Å². The third-order valence-electron chi connectivity index (χ3n) is 6.25. The van der Waals surface area contributed by atoms with Crippen LogP contribution in [0.2, 0.25) is 0 Å². The van der Waals surface area contributed by atoms with Gasteiger partial charge in [-0.25, -0.2) is 0 Å². The fourth-order valence-electron chi connectivity index (χ4n) is 4.72. The van der Waals surface area contributed by atoms with Gasteiger partial charge in [-0.2, -0.15) is 0 Å². The first kappa shape index (κ1) is 17.6. The van der Waals surface area contributed by atoms with E-state index in [9.17, 15) is 9.59 Å². The SMILES string of the molecule is O=C1c2cc3cc4c(cc3cc2C(=O)c2cc3cc5c(cc3cc21)OCCO5)OCCO4. The highest BCUT2D eigenvalue weighted by Crippen LogP contribution is 2.40. The third kappa shape index (κ3) is 2.40. The van der Waals surface area contributed by atoms with E-state index in [-0.39, 0.29) is 11.6 Å². The number of ether oxygens (including phenoxy) is 4. The molecule has 0 atom stereocenters. The molecule has 6 heteroatoms. The Morgan fingerprint density at radius 2 is 0.656 bits per heavy atom. The van der Waals surface area contributed by atoms with E-state index in [0.717, 1.165) is 21.5 Å². The molecule has 0 bridgehead atoms. The van der Waals surface area contributed by atoms with Gasteiger partial charge in [0, 0.05) is 22.3 Å². The van der Waals surface area contributed by atoms with Crippen LogP contribution in [0.5, 0.6) is 23.0 Å². The van der Waals surface area contributed by atoms with Crippen LogP contribution in [0.1, 0.15) is 31.8 Å². The van der Waals surface area contributed by atoms with Crippen LogP contribution in [0.15, 0.2) is 48.5 Å². The molecule has 0 saturated carbocycles. The number of hydrogen-bond acceptors (Lipinski definition) is 6. The molecule has 0 amide bonds. The van der Waals surface area contributed by atoms with Gasteiger partial charge in [-0.05, 0) is 70.1 Å². The Morgan fingerprint density at radius 3 is 0.906 bits per heavy atom. The predicted octanol–water partition coefficient (Wildman–Crippen LogP) is 4.31. The number of hydrogen-bond donors (Lipinski definition) is 0. The summed E-state index contributed by atoms with van der Waals surface area (Å²) in [7, 11) is 0. The summed E-state index contributed by atoms with van der Waals surface area (Å²) in [5.41, 5.74) is 1.62. The van der Waals surface area contributed by atoms with Gasteiger partial charge in [0.15, 0.2) is 34.6 Å². The molecular formula is C26H16O6. The van der Waals surface area contributed by atoms with Gasteiger partial charge in [0.1, 0.15) is 26.4 Å². The second-order valence-corrected chi connectivity index (χ2v) is 8.14. The van der Waals surface area contributed by atoms with Crippen LogP contribution < -0.4 is 18.9 Å². The molecule has 7 rings (SSSR count). The molecule has 0 fully saturated rings. The lowest BCUT2D eigenvalue weighted by atomic mass is 9.81. The normalized spacial score (nSPS) is 16.1. The number of carbonyl (C=O) groups is 2. The van der Waals surface area contributed by atoms with Crippen molar-refractivity contribution in [3.05, 3.63) is 70.8 Å². The molecule has 0 N–H and O–H groups in total. The van der Waals surface area contributed by atoms with Gasteiger partial charge < -0.3 is 18.9 Å². The number of fused-ring (bicyclic) bond motifs is 6. The number of ketones is 2. The van der Waals surface area contributed by atoms with Crippen LogP contribution in [-0.4, -0.2) is 38.0 Å². The third-order valence-corrected chi connectivity index (χ3v) is 6.25. The van der Waals surface area contributed by atoms with E-state index in [1.54, 1.807) is 24.3 Å². The quantitative estimate of drug-likeness (QED) is 0.369. The smallest absolute Gasteiger partial charge is 0.194 e. The number of rotatable bonds is 0. The Labute approximate surface area is 182 Å². The van der Waals surface area contributed by atoms with E-state index in [0.29, 0.717) is 71.7 Å². The van der Waals surface area contributed by atoms with Crippen LogP contribution in [0.4, 0.5) is 0 Å². The highest BCUT2D eigenvalue weighted by Gasteiger charge is 2.31. The first-order valence-electron chi connectivity index (χ1n) is 10.5. The lowest BCUT2D eigenvalue weighted by molar-refractivity contribution is 0.0979. The topological polar surface area (TPSA) is 71.1 Å². The van der Waals surface area contributed by atoms with Crippen molar-refractivity contribution in [1.29, 1.82) is 0 Å². The van der Waals surface area contributed by atoms with Crippen molar-refractivity contribution < 1.29 is 28.5 Å². The van der Waals surface area contributed by atoms with Crippen LogP contribution >= 0.6 is 0 Å². The monoisotopic (exact) mass is 424 g/mol. The minimum atomic E-state index is -0.164. The summed E-state index contributed by atoms with van der Waals surface area (Å²) >= 11 is 0. The van der Waals surface area contributed by atoms with Crippen molar-refractivity contribution in [1.82, 2.24) is 0 Å². The van der Waals surface area contributed by atoms with Crippen molar-refractivity contribution in [2.75, 3.05) is 26.4 Å². The lowest BCUT2D eigenvalue weighted by Gasteiger charge is -2.22. The molecule has 156 valence electrons. The first-order chi connectivity index (χ1) is 15.7. The van der Waals surface area contributed by atoms with E-state index in [1.807, 2.05) is 24.3 Å². The molecule has 2 aliphatic heterocycles. The molecule has 3 aliphatic rings. The highest BCUT2D eigenvalue weighted by molar-refractivity contribution is 6.30. The Morgan fingerprint density at radius 1 is 0.406 bits per heavy atom. The van der Waals surface area contributed by atoms with Gasteiger partial charge in [-0.15, -0.1) is 0 Å². The Bertz CT molecular complexity index is 1290. The van der Waals surface area contributed by atoms with E-state index >= 15 is 0 Å². The average Bonchev–Trinajstić information content (AvgIpc) is 2.83. The lowest BCUT2D eigenvalue weighted by Crippen LogP contribution is -2.21. The maximum absolute atomic E-state index is 13.5. The first-order valence-corrected chi connectivity index (χ1v) is 10.5. The summed E-state index contributed by atoms with van der Waals surface area (Å²) in [6, 6.07) is 14.6. The second kappa shape index (κ2) is 6.23. The molecule has 4 aromatic rings. The van der Waals surface area contributed by atoms with Crippen molar-refractivity contribution in [2.24, 2.45) is 0 Å². The van der Waals surface area contributed by atoms with Crippen LogP contribution in [0.25, 0.3) is 21.5 Å². The van der Waals surface area contributed by atoms with Gasteiger partial charge in [0.25, 0.3) is 0 Å². The minimum Gasteiger partial charge on any atom is -0.486 e. The molecule has 2 heterocycles. The molecule has 6 nitrogen and oxygen atoms in total. The summed E-state index contributed by atoms with van der Waals surface area (Å²) in [5.74, 6) is 2.27. The summed E-state index contributed by atoms with van der Waals surface area (Å²) < 4.78 is 22.7. The second-order valence-electron chi connectivity index (χ2n) is 8.14. The minimum absolute atomic E-state index is 0.164. The van der Waals surface area contributed by atoms with Crippen molar-refractivity contribution in [2.45, 2.75) is 0 Å². The molecule has 0 unspecified atom stereocenters. The molecule has 0 aromatic heterocycles.